The first-order valence-corrected chi connectivity index (χ1v) is 7.17. The van der Waals surface area contributed by atoms with Gasteiger partial charge in [0.1, 0.15) is 5.75 Å². The summed E-state index contributed by atoms with van der Waals surface area (Å²) >= 11 is 0. The normalized spacial score (nSPS) is 16.4. The van der Waals surface area contributed by atoms with Crippen LogP contribution in [-0.2, 0) is 16.0 Å². The lowest BCUT2D eigenvalue weighted by Gasteiger charge is -2.41. The molecule has 0 aromatic heterocycles. The van der Waals surface area contributed by atoms with Gasteiger partial charge in [0.15, 0.2) is 0 Å². The lowest BCUT2D eigenvalue weighted by atomic mass is 9.69. The molecule has 1 aromatic rings. The Hall–Kier alpha value is -1.55. The van der Waals surface area contributed by atoms with Crippen LogP contribution in [0, 0.1) is 5.41 Å². The minimum absolute atomic E-state index is 0.0655. The largest absolute Gasteiger partial charge is 0.508 e. The number of ether oxygens (including phenoxy) is 1. The maximum Gasteiger partial charge on any atom is 0.220 e. The Morgan fingerprint density at radius 3 is 2.85 bits per heavy atom. The predicted molar refractivity (Wildman–Crippen MR) is 77.6 cm³/mol. The van der Waals surface area contributed by atoms with Crippen molar-refractivity contribution in [2.24, 2.45) is 5.41 Å². The second-order valence-electron chi connectivity index (χ2n) is 5.73. The fourth-order valence-electron chi connectivity index (χ4n) is 2.70. The van der Waals surface area contributed by atoms with Gasteiger partial charge in [-0.15, -0.1) is 0 Å². The number of aryl methyl sites for hydroxylation is 1. The number of phenols is 1. The Bertz CT molecular complexity index is 455. The zero-order valence-corrected chi connectivity index (χ0v) is 12.0. The van der Waals surface area contributed by atoms with Crippen LogP contribution in [0.15, 0.2) is 24.3 Å². The molecule has 0 spiro atoms. The van der Waals surface area contributed by atoms with Crippen molar-refractivity contribution < 1.29 is 14.6 Å². The zero-order chi connectivity index (χ0) is 14.4. The molecule has 0 bridgehead atoms. The fraction of sp³-hybridized carbons (Fsp3) is 0.562. The third-order valence-electron chi connectivity index (χ3n) is 4.08. The Labute approximate surface area is 120 Å². The van der Waals surface area contributed by atoms with E-state index in [9.17, 15) is 9.90 Å². The molecule has 110 valence electrons. The van der Waals surface area contributed by atoms with Crippen molar-refractivity contribution >= 4 is 5.91 Å². The van der Waals surface area contributed by atoms with Crippen LogP contribution in [0.4, 0.5) is 0 Å². The molecule has 1 aliphatic rings. The average Bonchev–Trinajstić information content (AvgIpc) is 2.39. The number of rotatable bonds is 7. The van der Waals surface area contributed by atoms with Gasteiger partial charge in [-0.3, -0.25) is 4.79 Å². The molecule has 4 heteroatoms. The molecule has 1 fully saturated rings. The van der Waals surface area contributed by atoms with Crippen molar-refractivity contribution in [2.45, 2.75) is 32.1 Å². The molecular weight excluding hydrogens is 254 g/mol. The van der Waals surface area contributed by atoms with Crippen molar-refractivity contribution in [1.82, 2.24) is 5.32 Å². The zero-order valence-electron chi connectivity index (χ0n) is 12.0. The number of hydrogen-bond acceptors (Lipinski definition) is 3. The van der Waals surface area contributed by atoms with Gasteiger partial charge in [-0.25, -0.2) is 0 Å². The fourth-order valence-corrected chi connectivity index (χ4v) is 2.70. The monoisotopic (exact) mass is 277 g/mol. The van der Waals surface area contributed by atoms with Crippen LogP contribution < -0.4 is 5.32 Å². The second-order valence-corrected chi connectivity index (χ2v) is 5.73. The second kappa shape index (κ2) is 6.75. The van der Waals surface area contributed by atoms with E-state index in [1.807, 2.05) is 6.07 Å². The number of amides is 1. The highest BCUT2D eigenvalue weighted by atomic mass is 16.5. The van der Waals surface area contributed by atoms with E-state index in [-0.39, 0.29) is 17.1 Å². The summed E-state index contributed by atoms with van der Waals surface area (Å²) in [4.78, 5) is 11.9. The third-order valence-corrected chi connectivity index (χ3v) is 4.08. The number of methoxy groups -OCH3 is 1. The number of hydrogen-bond donors (Lipinski definition) is 2. The first-order chi connectivity index (χ1) is 9.63. The standard InChI is InChI=1S/C16H23NO3/c1-20-12-16(8-3-9-16)11-17-15(19)7-6-13-4-2-5-14(18)10-13/h2,4-5,10,18H,3,6-9,11-12H2,1H3,(H,17,19). The SMILES string of the molecule is COCC1(CNC(=O)CCc2cccc(O)c2)CCC1. The molecule has 0 heterocycles. The van der Waals surface area contributed by atoms with E-state index in [1.54, 1.807) is 25.3 Å². The van der Waals surface area contributed by atoms with Crippen LogP contribution in [0.1, 0.15) is 31.2 Å². The number of nitrogens with one attached hydrogen (secondary N) is 1. The van der Waals surface area contributed by atoms with Crippen molar-refractivity contribution in [1.29, 1.82) is 0 Å². The number of carbonyl (C=O) groups is 1. The van der Waals surface area contributed by atoms with Gasteiger partial charge in [-0.05, 0) is 37.0 Å². The molecular formula is C16H23NO3. The summed E-state index contributed by atoms with van der Waals surface area (Å²) in [7, 11) is 1.71. The van der Waals surface area contributed by atoms with Gasteiger partial charge in [0, 0.05) is 25.5 Å². The minimum atomic E-state index is 0.0655. The number of benzene rings is 1. The van der Waals surface area contributed by atoms with Crippen molar-refractivity contribution in [3.8, 4) is 5.75 Å². The highest BCUT2D eigenvalue weighted by molar-refractivity contribution is 5.76. The molecule has 0 aliphatic heterocycles. The van der Waals surface area contributed by atoms with Crippen molar-refractivity contribution in [3.63, 3.8) is 0 Å². The van der Waals surface area contributed by atoms with E-state index in [0.29, 0.717) is 19.4 Å². The van der Waals surface area contributed by atoms with Crippen LogP contribution in [0.5, 0.6) is 5.75 Å². The average molecular weight is 277 g/mol. The van der Waals surface area contributed by atoms with Crippen LogP contribution in [-0.4, -0.2) is 31.3 Å². The topological polar surface area (TPSA) is 58.6 Å². The molecule has 1 amide bonds. The summed E-state index contributed by atoms with van der Waals surface area (Å²) in [5.74, 6) is 0.312. The van der Waals surface area contributed by atoms with Gasteiger partial charge in [-0.2, -0.15) is 0 Å². The summed E-state index contributed by atoms with van der Waals surface area (Å²) in [5.41, 5.74) is 1.14. The maximum absolute atomic E-state index is 11.9. The maximum atomic E-state index is 11.9. The van der Waals surface area contributed by atoms with E-state index in [2.05, 4.69) is 5.32 Å². The molecule has 4 nitrogen and oxygen atoms in total. The van der Waals surface area contributed by atoms with Gasteiger partial charge in [0.2, 0.25) is 5.91 Å². The lowest BCUT2D eigenvalue weighted by Crippen LogP contribution is -2.45. The van der Waals surface area contributed by atoms with Crippen LogP contribution in [0.2, 0.25) is 0 Å². The van der Waals surface area contributed by atoms with Crippen LogP contribution in [0.3, 0.4) is 0 Å². The minimum Gasteiger partial charge on any atom is -0.508 e. The molecule has 2 N–H and O–H groups in total. The molecule has 0 atom stereocenters. The first kappa shape index (κ1) is 14.9. The highest BCUT2D eigenvalue weighted by Gasteiger charge is 2.37. The summed E-state index contributed by atoms with van der Waals surface area (Å²) in [6.45, 7) is 1.43. The summed E-state index contributed by atoms with van der Waals surface area (Å²) in [5, 5.41) is 12.4. The molecule has 1 aromatic carbocycles. The Morgan fingerprint density at radius 1 is 1.45 bits per heavy atom. The predicted octanol–water partition coefficient (Wildman–Crippen LogP) is 2.26. The van der Waals surface area contributed by atoms with E-state index < -0.39 is 0 Å². The molecule has 0 unspecified atom stereocenters. The Balaban J connectivity index is 1.73. The van der Waals surface area contributed by atoms with E-state index in [0.717, 1.165) is 25.0 Å². The summed E-state index contributed by atoms with van der Waals surface area (Å²) < 4.78 is 5.24. The third kappa shape index (κ3) is 3.97. The number of aromatic hydroxyl groups is 1. The smallest absolute Gasteiger partial charge is 0.220 e. The van der Waals surface area contributed by atoms with Crippen LogP contribution >= 0.6 is 0 Å². The van der Waals surface area contributed by atoms with Gasteiger partial charge in [0.25, 0.3) is 0 Å². The van der Waals surface area contributed by atoms with E-state index >= 15 is 0 Å². The number of carbonyl (C=O) groups excluding carboxylic acids is 1. The molecule has 1 saturated carbocycles. The molecule has 1 aliphatic carbocycles. The number of phenolic OH excluding ortho intramolecular Hbond substituents is 1. The van der Waals surface area contributed by atoms with E-state index in [4.69, 9.17) is 4.74 Å². The quantitative estimate of drug-likeness (QED) is 0.803. The lowest BCUT2D eigenvalue weighted by molar-refractivity contribution is -0.122. The molecule has 2 rings (SSSR count). The van der Waals surface area contributed by atoms with Gasteiger partial charge >= 0.3 is 0 Å². The summed E-state index contributed by atoms with van der Waals surface area (Å²) in [6, 6.07) is 7.05. The van der Waals surface area contributed by atoms with Crippen molar-refractivity contribution in [3.05, 3.63) is 29.8 Å². The summed E-state index contributed by atoms with van der Waals surface area (Å²) in [6.07, 6.45) is 4.59. The van der Waals surface area contributed by atoms with Gasteiger partial charge < -0.3 is 15.2 Å². The first-order valence-electron chi connectivity index (χ1n) is 7.17. The van der Waals surface area contributed by atoms with Gasteiger partial charge in [-0.1, -0.05) is 18.6 Å². The van der Waals surface area contributed by atoms with Gasteiger partial charge in [0.05, 0.1) is 6.61 Å². The van der Waals surface area contributed by atoms with Crippen molar-refractivity contribution in [2.75, 3.05) is 20.3 Å². The molecule has 20 heavy (non-hydrogen) atoms. The van der Waals surface area contributed by atoms with E-state index in [1.165, 1.54) is 6.42 Å². The van der Waals surface area contributed by atoms with Crippen LogP contribution in [0.25, 0.3) is 0 Å². The Morgan fingerprint density at radius 2 is 2.25 bits per heavy atom. The molecule has 0 radical (unpaired) electrons. The Kier molecular flexibility index (Phi) is 5.01. The molecule has 0 saturated heterocycles. The highest BCUT2D eigenvalue weighted by Crippen LogP contribution is 2.40.